The molecule has 0 bridgehead atoms. The number of benzene rings is 1. The third kappa shape index (κ3) is 3.95. The quantitative estimate of drug-likeness (QED) is 0.801. The van der Waals surface area contributed by atoms with Crippen LogP contribution in [-0.2, 0) is 11.3 Å². The summed E-state index contributed by atoms with van der Waals surface area (Å²) in [7, 11) is 1.73. The van der Waals surface area contributed by atoms with Crippen LogP contribution in [0.3, 0.4) is 0 Å². The Morgan fingerprint density at radius 1 is 1.32 bits per heavy atom. The molecule has 0 aliphatic carbocycles. The molecule has 106 valence electrons. The van der Waals surface area contributed by atoms with Crippen molar-refractivity contribution in [3.63, 3.8) is 0 Å². The predicted octanol–water partition coefficient (Wildman–Crippen LogP) is 2.83. The molecule has 0 aromatic heterocycles. The van der Waals surface area contributed by atoms with E-state index < -0.39 is 0 Å². The van der Waals surface area contributed by atoms with Crippen molar-refractivity contribution < 1.29 is 9.47 Å². The number of ether oxygens (including phenoxy) is 2. The van der Waals surface area contributed by atoms with Crippen LogP contribution in [0.2, 0.25) is 0 Å². The van der Waals surface area contributed by atoms with Crippen molar-refractivity contribution in [3.05, 3.63) is 28.8 Å². The van der Waals surface area contributed by atoms with E-state index in [4.69, 9.17) is 9.47 Å². The van der Waals surface area contributed by atoms with Gasteiger partial charge in [0.1, 0.15) is 5.75 Å². The van der Waals surface area contributed by atoms with E-state index >= 15 is 0 Å². The van der Waals surface area contributed by atoms with Gasteiger partial charge in [-0.2, -0.15) is 0 Å². The molecule has 0 spiro atoms. The summed E-state index contributed by atoms with van der Waals surface area (Å²) < 4.78 is 10.7. The van der Waals surface area contributed by atoms with Gasteiger partial charge in [0.05, 0.1) is 7.11 Å². The summed E-state index contributed by atoms with van der Waals surface area (Å²) in [6.45, 7) is 8.13. The molecule has 19 heavy (non-hydrogen) atoms. The van der Waals surface area contributed by atoms with Crippen molar-refractivity contribution in [2.75, 3.05) is 26.9 Å². The first kappa shape index (κ1) is 14.4. The first-order valence-electron chi connectivity index (χ1n) is 7.13. The number of aryl methyl sites for hydroxylation is 2. The van der Waals surface area contributed by atoms with E-state index in [1.165, 1.54) is 29.5 Å². The molecule has 1 aromatic rings. The molecule has 0 saturated carbocycles. The van der Waals surface area contributed by atoms with Crippen molar-refractivity contribution in [2.24, 2.45) is 5.92 Å². The van der Waals surface area contributed by atoms with Crippen LogP contribution < -0.4 is 10.1 Å². The monoisotopic (exact) mass is 263 g/mol. The van der Waals surface area contributed by atoms with Crippen LogP contribution in [0.25, 0.3) is 0 Å². The first-order valence-corrected chi connectivity index (χ1v) is 7.13. The lowest BCUT2D eigenvalue weighted by Gasteiger charge is -2.13. The van der Waals surface area contributed by atoms with Crippen LogP contribution in [0.15, 0.2) is 12.1 Å². The molecule has 0 amide bonds. The van der Waals surface area contributed by atoms with Crippen molar-refractivity contribution in [1.29, 1.82) is 0 Å². The van der Waals surface area contributed by atoms with E-state index in [9.17, 15) is 0 Å². The van der Waals surface area contributed by atoms with E-state index in [1.807, 2.05) is 0 Å². The van der Waals surface area contributed by atoms with Gasteiger partial charge in [0.15, 0.2) is 0 Å². The normalized spacial score (nSPS) is 18.8. The fourth-order valence-corrected chi connectivity index (χ4v) is 2.60. The standard InChI is InChI=1S/C16H25NO2/c1-12-9-16(18-3)13(2)8-15(12)10-17-6-4-14-5-7-19-11-14/h8-9,14,17H,4-7,10-11H2,1-3H3. The van der Waals surface area contributed by atoms with E-state index in [-0.39, 0.29) is 0 Å². The summed E-state index contributed by atoms with van der Waals surface area (Å²) in [5, 5.41) is 3.54. The average Bonchev–Trinajstić information content (AvgIpc) is 2.91. The maximum atomic E-state index is 5.39. The third-order valence-corrected chi connectivity index (χ3v) is 3.92. The number of rotatable bonds is 6. The van der Waals surface area contributed by atoms with Crippen molar-refractivity contribution in [3.8, 4) is 5.75 Å². The summed E-state index contributed by atoms with van der Waals surface area (Å²) in [6, 6.07) is 4.34. The van der Waals surface area contributed by atoms with Crippen molar-refractivity contribution in [1.82, 2.24) is 5.32 Å². The molecule has 1 aliphatic rings. The smallest absolute Gasteiger partial charge is 0.122 e. The number of nitrogens with one attached hydrogen (secondary N) is 1. The Balaban J connectivity index is 1.80. The molecule has 3 nitrogen and oxygen atoms in total. The minimum Gasteiger partial charge on any atom is -0.496 e. The van der Waals surface area contributed by atoms with Gasteiger partial charge in [0.25, 0.3) is 0 Å². The number of methoxy groups -OCH3 is 1. The lowest BCUT2D eigenvalue weighted by atomic mass is 10.0. The fraction of sp³-hybridized carbons (Fsp3) is 0.625. The van der Waals surface area contributed by atoms with E-state index in [0.29, 0.717) is 0 Å². The lowest BCUT2D eigenvalue weighted by Crippen LogP contribution is -2.18. The Kier molecular flexibility index (Phi) is 5.23. The maximum absolute atomic E-state index is 5.39. The predicted molar refractivity (Wildman–Crippen MR) is 77.7 cm³/mol. The fourth-order valence-electron chi connectivity index (χ4n) is 2.60. The largest absolute Gasteiger partial charge is 0.496 e. The molecular weight excluding hydrogens is 238 g/mol. The van der Waals surface area contributed by atoms with E-state index in [0.717, 1.165) is 38.0 Å². The summed E-state index contributed by atoms with van der Waals surface area (Å²) in [4.78, 5) is 0. The summed E-state index contributed by atoms with van der Waals surface area (Å²) in [5.41, 5.74) is 3.86. The Morgan fingerprint density at radius 3 is 2.84 bits per heavy atom. The van der Waals surface area contributed by atoms with E-state index in [1.54, 1.807) is 7.11 Å². The van der Waals surface area contributed by atoms with Crippen LogP contribution in [0.4, 0.5) is 0 Å². The van der Waals surface area contributed by atoms with Gasteiger partial charge in [0.2, 0.25) is 0 Å². The highest BCUT2D eigenvalue weighted by molar-refractivity contribution is 5.41. The van der Waals surface area contributed by atoms with Crippen LogP contribution in [0, 0.1) is 19.8 Å². The molecule has 2 rings (SSSR count). The SMILES string of the molecule is COc1cc(C)c(CNCCC2CCOC2)cc1C. The summed E-state index contributed by atoms with van der Waals surface area (Å²) in [5.74, 6) is 1.73. The Bertz CT molecular complexity index is 411. The Morgan fingerprint density at radius 2 is 2.16 bits per heavy atom. The van der Waals surface area contributed by atoms with Crippen LogP contribution >= 0.6 is 0 Å². The molecule has 1 unspecified atom stereocenters. The van der Waals surface area contributed by atoms with Gasteiger partial charge < -0.3 is 14.8 Å². The molecule has 1 N–H and O–H groups in total. The minimum absolute atomic E-state index is 0.756. The molecule has 3 heteroatoms. The van der Waals surface area contributed by atoms with Crippen LogP contribution in [0.5, 0.6) is 5.75 Å². The molecule has 0 radical (unpaired) electrons. The van der Waals surface area contributed by atoms with Gasteiger partial charge in [-0.25, -0.2) is 0 Å². The highest BCUT2D eigenvalue weighted by Gasteiger charge is 2.14. The molecular formula is C16H25NO2. The summed E-state index contributed by atoms with van der Waals surface area (Å²) >= 11 is 0. The van der Waals surface area contributed by atoms with Crippen molar-refractivity contribution in [2.45, 2.75) is 33.2 Å². The minimum atomic E-state index is 0.756. The first-order chi connectivity index (χ1) is 9.20. The zero-order valence-corrected chi connectivity index (χ0v) is 12.3. The zero-order valence-electron chi connectivity index (χ0n) is 12.3. The average molecular weight is 263 g/mol. The molecule has 1 atom stereocenters. The maximum Gasteiger partial charge on any atom is 0.122 e. The molecule has 1 aliphatic heterocycles. The van der Waals surface area contributed by atoms with Gasteiger partial charge >= 0.3 is 0 Å². The topological polar surface area (TPSA) is 30.5 Å². The Hall–Kier alpha value is -1.06. The van der Waals surface area contributed by atoms with Crippen molar-refractivity contribution >= 4 is 0 Å². The third-order valence-electron chi connectivity index (χ3n) is 3.92. The highest BCUT2D eigenvalue weighted by Crippen LogP contribution is 2.22. The van der Waals surface area contributed by atoms with Gasteiger partial charge in [-0.05, 0) is 61.9 Å². The second kappa shape index (κ2) is 6.92. The number of hydrogen-bond acceptors (Lipinski definition) is 3. The van der Waals surface area contributed by atoms with Crippen LogP contribution in [-0.4, -0.2) is 26.9 Å². The summed E-state index contributed by atoms with van der Waals surface area (Å²) in [6.07, 6.45) is 2.44. The Labute approximate surface area is 116 Å². The van der Waals surface area contributed by atoms with E-state index in [2.05, 4.69) is 31.3 Å². The van der Waals surface area contributed by atoms with Gasteiger partial charge in [-0.15, -0.1) is 0 Å². The molecule has 1 heterocycles. The second-order valence-electron chi connectivity index (χ2n) is 5.44. The molecule has 1 fully saturated rings. The van der Waals surface area contributed by atoms with Crippen LogP contribution in [0.1, 0.15) is 29.5 Å². The highest BCUT2D eigenvalue weighted by atomic mass is 16.5. The zero-order chi connectivity index (χ0) is 13.7. The number of hydrogen-bond donors (Lipinski definition) is 1. The second-order valence-corrected chi connectivity index (χ2v) is 5.44. The van der Waals surface area contributed by atoms with Gasteiger partial charge in [-0.1, -0.05) is 6.07 Å². The lowest BCUT2D eigenvalue weighted by molar-refractivity contribution is 0.184. The molecule has 1 saturated heterocycles. The van der Waals surface area contributed by atoms with Gasteiger partial charge in [0, 0.05) is 19.8 Å². The molecule has 1 aromatic carbocycles. The van der Waals surface area contributed by atoms with Gasteiger partial charge in [-0.3, -0.25) is 0 Å².